The van der Waals surface area contributed by atoms with Crippen molar-refractivity contribution in [1.82, 2.24) is 9.97 Å². The molecule has 0 amide bonds. The Balaban J connectivity index is 2.52. The minimum absolute atomic E-state index is 0.223. The first kappa shape index (κ1) is 14.2. The molecule has 1 aromatic carbocycles. The molecular weight excluding hydrogens is 258 g/mol. The lowest BCUT2D eigenvalue weighted by molar-refractivity contribution is 0.0684. The van der Waals surface area contributed by atoms with Crippen molar-refractivity contribution in [2.75, 3.05) is 19.0 Å². The van der Waals surface area contributed by atoms with E-state index in [2.05, 4.69) is 15.3 Å². The van der Waals surface area contributed by atoms with Crippen molar-refractivity contribution >= 4 is 22.7 Å². The largest absolute Gasteiger partial charge is 0.475 e. The van der Waals surface area contributed by atoms with Crippen LogP contribution >= 0.6 is 0 Å². The van der Waals surface area contributed by atoms with E-state index in [9.17, 15) is 4.79 Å². The third kappa shape index (κ3) is 3.03. The lowest BCUT2D eigenvalue weighted by atomic mass is 10.1. The van der Waals surface area contributed by atoms with Crippen LogP contribution in [0.1, 0.15) is 24.5 Å². The summed E-state index contributed by atoms with van der Waals surface area (Å²) in [6.45, 7) is 4.37. The van der Waals surface area contributed by atoms with Crippen molar-refractivity contribution in [1.29, 1.82) is 0 Å². The Morgan fingerprint density at radius 3 is 2.70 bits per heavy atom. The van der Waals surface area contributed by atoms with Gasteiger partial charge in [-0.15, -0.1) is 0 Å². The van der Waals surface area contributed by atoms with Crippen LogP contribution in [0.15, 0.2) is 24.3 Å². The number of fused-ring (bicyclic) bond motifs is 1. The van der Waals surface area contributed by atoms with Gasteiger partial charge in [0.2, 0.25) is 5.82 Å². The number of aromatic carboxylic acids is 1. The molecule has 0 aliphatic carbocycles. The number of benzene rings is 1. The molecule has 0 unspecified atom stereocenters. The lowest BCUT2D eigenvalue weighted by Gasteiger charge is -2.26. The highest BCUT2D eigenvalue weighted by Crippen LogP contribution is 2.23. The molecular formula is C14H17N3O3. The van der Waals surface area contributed by atoms with E-state index in [1.54, 1.807) is 13.2 Å². The molecule has 0 aliphatic heterocycles. The zero-order valence-corrected chi connectivity index (χ0v) is 11.7. The second-order valence-corrected chi connectivity index (χ2v) is 5.16. The minimum Gasteiger partial charge on any atom is -0.475 e. The Morgan fingerprint density at radius 2 is 2.05 bits per heavy atom. The molecule has 0 aliphatic rings. The number of nitrogens with one attached hydrogen (secondary N) is 1. The van der Waals surface area contributed by atoms with Gasteiger partial charge >= 0.3 is 5.97 Å². The molecule has 0 saturated heterocycles. The van der Waals surface area contributed by atoms with Gasteiger partial charge in [-0.1, -0.05) is 12.1 Å². The van der Waals surface area contributed by atoms with Crippen LogP contribution in [0.4, 0.5) is 5.82 Å². The first-order valence-corrected chi connectivity index (χ1v) is 6.20. The SMILES string of the molecule is COCC(C)(C)Nc1nc(C(=O)O)nc2ccccc12. The molecule has 0 spiro atoms. The molecule has 6 nitrogen and oxygen atoms in total. The van der Waals surface area contributed by atoms with Crippen LogP contribution < -0.4 is 5.32 Å². The third-order valence-corrected chi connectivity index (χ3v) is 2.76. The molecule has 20 heavy (non-hydrogen) atoms. The number of nitrogens with zero attached hydrogens (tertiary/aromatic N) is 2. The van der Waals surface area contributed by atoms with Crippen LogP contribution in [0.5, 0.6) is 0 Å². The van der Waals surface area contributed by atoms with Crippen molar-refractivity contribution in [3.8, 4) is 0 Å². The van der Waals surface area contributed by atoms with Gasteiger partial charge in [-0.3, -0.25) is 0 Å². The van der Waals surface area contributed by atoms with Crippen LogP contribution in [0.3, 0.4) is 0 Å². The van der Waals surface area contributed by atoms with Gasteiger partial charge in [0.1, 0.15) is 5.82 Å². The summed E-state index contributed by atoms with van der Waals surface area (Å²) in [7, 11) is 1.62. The fraction of sp³-hybridized carbons (Fsp3) is 0.357. The summed E-state index contributed by atoms with van der Waals surface area (Å²) in [5, 5.41) is 13.1. The number of carboxylic acid groups (broad SMARTS) is 1. The van der Waals surface area contributed by atoms with Gasteiger partial charge in [-0.2, -0.15) is 0 Å². The normalized spacial score (nSPS) is 11.6. The highest BCUT2D eigenvalue weighted by Gasteiger charge is 2.21. The average molecular weight is 275 g/mol. The van der Waals surface area contributed by atoms with Crippen molar-refractivity contribution in [2.24, 2.45) is 0 Å². The Bertz CT molecular complexity index is 641. The number of methoxy groups -OCH3 is 1. The number of hydrogen-bond donors (Lipinski definition) is 2. The van der Waals surface area contributed by atoms with Gasteiger partial charge < -0.3 is 15.2 Å². The predicted octanol–water partition coefficient (Wildman–Crippen LogP) is 2.16. The number of carboxylic acids is 1. The molecule has 0 bridgehead atoms. The highest BCUT2D eigenvalue weighted by atomic mass is 16.5. The molecule has 0 radical (unpaired) electrons. The van der Waals surface area contributed by atoms with Gasteiger partial charge in [-0.25, -0.2) is 14.8 Å². The van der Waals surface area contributed by atoms with Crippen LogP contribution in [0.25, 0.3) is 10.9 Å². The summed E-state index contributed by atoms with van der Waals surface area (Å²) in [6, 6.07) is 7.29. The molecule has 2 N–H and O–H groups in total. The van der Waals surface area contributed by atoms with Gasteiger partial charge in [0.15, 0.2) is 0 Å². The molecule has 2 aromatic rings. The molecule has 0 fully saturated rings. The zero-order chi connectivity index (χ0) is 14.8. The Labute approximate surface area is 116 Å². The number of para-hydroxylation sites is 1. The molecule has 2 rings (SSSR count). The highest BCUT2D eigenvalue weighted by molar-refractivity contribution is 5.93. The molecule has 0 saturated carbocycles. The van der Waals surface area contributed by atoms with E-state index >= 15 is 0 Å². The van der Waals surface area contributed by atoms with Crippen LogP contribution in [-0.2, 0) is 4.74 Å². The number of hydrogen-bond acceptors (Lipinski definition) is 5. The standard InChI is InChI=1S/C14H17N3O3/c1-14(2,8-20-3)17-11-9-6-4-5-7-10(9)15-12(16-11)13(18)19/h4-7H,8H2,1-3H3,(H,18,19)(H,15,16,17). The van der Waals surface area contributed by atoms with Gasteiger partial charge in [-0.05, 0) is 26.0 Å². The fourth-order valence-electron chi connectivity index (χ4n) is 1.98. The van der Waals surface area contributed by atoms with E-state index in [0.717, 1.165) is 5.39 Å². The average Bonchev–Trinajstić information content (AvgIpc) is 2.37. The van der Waals surface area contributed by atoms with Crippen molar-refractivity contribution in [2.45, 2.75) is 19.4 Å². The Kier molecular flexibility index (Phi) is 3.85. The summed E-state index contributed by atoms with van der Waals surface area (Å²) in [5.74, 6) is -0.877. The van der Waals surface area contributed by atoms with Gasteiger partial charge in [0.25, 0.3) is 0 Å². The number of carbonyl (C=O) groups is 1. The van der Waals surface area contributed by atoms with Crippen LogP contribution in [0.2, 0.25) is 0 Å². The van der Waals surface area contributed by atoms with E-state index in [-0.39, 0.29) is 11.4 Å². The Hall–Kier alpha value is -2.21. The van der Waals surface area contributed by atoms with E-state index in [4.69, 9.17) is 9.84 Å². The lowest BCUT2D eigenvalue weighted by Crippen LogP contribution is -2.36. The predicted molar refractivity (Wildman–Crippen MR) is 76.1 cm³/mol. The molecule has 1 aromatic heterocycles. The van der Waals surface area contributed by atoms with Crippen LogP contribution in [0, 0.1) is 0 Å². The van der Waals surface area contributed by atoms with Gasteiger partial charge in [0, 0.05) is 12.5 Å². The number of rotatable bonds is 5. The fourth-order valence-corrected chi connectivity index (χ4v) is 1.98. The summed E-state index contributed by atoms with van der Waals surface area (Å²) in [4.78, 5) is 19.2. The molecule has 106 valence electrons. The smallest absolute Gasteiger partial charge is 0.374 e. The quantitative estimate of drug-likeness (QED) is 0.870. The third-order valence-electron chi connectivity index (χ3n) is 2.76. The summed E-state index contributed by atoms with van der Waals surface area (Å²) < 4.78 is 5.15. The summed E-state index contributed by atoms with van der Waals surface area (Å²) >= 11 is 0. The van der Waals surface area contributed by atoms with E-state index < -0.39 is 5.97 Å². The van der Waals surface area contributed by atoms with E-state index in [0.29, 0.717) is 17.9 Å². The molecule has 0 atom stereocenters. The van der Waals surface area contributed by atoms with E-state index in [1.165, 1.54) is 0 Å². The van der Waals surface area contributed by atoms with E-state index in [1.807, 2.05) is 32.0 Å². The van der Waals surface area contributed by atoms with Crippen molar-refractivity contribution in [3.05, 3.63) is 30.1 Å². The van der Waals surface area contributed by atoms with Crippen molar-refractivity contribution in [3.63, 3.8) is 0 Å². The monoisotopic (exact) mass is 275 g/mol. The summed E-state index contributed by atoms with van der Waals surface area (Å²) in [6.07, 6.45) is 0. The second-order valence-electron chi connectivity index (χ2n) is 5.16. The number of ether oxygens (including phenoxy) is 1. The summed E-state index contributed by atoms with van der Waals surface area (Å²) in [5.41, 5.74) is 0.220. The van der Waals surface area contributed by atoms with Gasteiger partial charge in [0.05, 0.1) is 17.7 Å². The zero-order valence-electron chi connectivity index (χ0n) is 11.7. The maximum atomic E-state index is 11.1. The number of anilines is 1. The Morgan fingerprint density at radius 1 is 1.35 bits per heavy atom. The maximum Gasteiger partial charge on any atom is 0.374 e. The first-order valence-electron chi connectivity index (χ1n) is 6.20. The molecule has 6 heteroatoms. The van der Waals surface area contributed by atoms with Crippen molar-refractivity contribution < 1.29 is 14.6 Å². The number of aromatic nitrogens is 2. The maximum absolute atomic E-state index is 11.1. The van der Waals surface area contributed by atoms with Crippen LogP contribution in [-0.4, -0.2) is 40.3 Å². The first-order chi connectivity index (χ1) is 9.43. The second kappa shape index (κ2) is 5.42. The molecule has 1 heterocycles. The topological polar surface area (TPSA) is 84.3 Å². The minimum atomic E-state index is -1.15.